The quantitative estimate of drug-likeness (QED) is 0.196. The number of rotatable bonds is 10. The van der Waals surface area contributed by atoms with Crippen molar-refractivity contribution in [3.05, 3.63) is 64.4 Å². The number of ether oxygens (including phenoxy) is 3. The first-order valence-corrected chi connectivity index (χ1v) is 17.4. The van der Waals surface area contributed by atoms with Crippen LogP contribution in [0.4, 0.5) is 10.7 Å². The number of esters is 1. The smallest absolute Gasteiger partial charge is 0.410 e. The number of benzene rings is 2. The van der Waals surface area contributed by atoms with Gasteiger partial charge in [-0.25, -0.2) is 14.8 Å². The van der Waals surface area contributed by atoms with Crippen molar-refractivity contribution in [3.8, 4) is 22.6 Å². The van der Waals surface area contributed by atoms with Gasteiger partial charge in [-0.1, -0.05) is 23.2 Å². The highest BCUT2D eigenvalue weighted by molar-refractivity contribution is 6.35. The van der Waals surface area contributed by atoms with Crippen LogP contribution in [0.5, 0.6) is 11.5 Å². The summed E-state index contributed by atoms with van der Waals surface area (Å²) in [5, 5.41) is 1.12. The molecule has 12 heteroatoms. The van der Waals surface area contributed by atoms with Gasteiger partial charge in [-0.15, -0.1) is 0 Å². The van der Waals surface area contributed by atoms with Gasteiger partial charge >= 0.3 is 12.1 Å². The molecule has 2 aliphatic heterocycles. The molecule has 1 amide bonds. The molecule has 0 radical (unpaired) electrons. The van der Waals surface area contributed by atoms with Crippen molar-refractivity contribution in [1.82, 2.24) is 19.8 Å². The van der Waals surface area contributed by atoms with Crippen molar-refractivity contribution in [3.63, 3.8) is 0 Å². The Kier molecular flexibility index (Phi) is 12.0. The fourth-order valence-electron chi connectivity index (χ4n) is 6.02. The van der Waals surface area contributed by atoms with Crippen LogP contribution in [0.3, 0.4) is 0 Å². The molecule has 0 unspecified atom stereocenters. The summed E-state index contributed by atoms with van der Waals surface area (Å²) in [7, 11) is 0. The first kappa shape index (κ1) is 35.7. The number of carbonyl (C=O) groups is 2. The summed E-state index contributed by atoms with van der Waals surface area (Å²) < 4.78 is 16.9. The van der Waals surface area contributed by atoms with Crippen LogP contribution < -0.4 is 9.64 Å². The normalized spacial score (nSPS) is 16.1. The Morgan fingerprint density at radius 1 is 0.854 bits per heavy atom. The maximum absolute atomic E-state index is 12.4. The third-order valence-electron chi connectivity index (χ3n) is 8.40. The first-order valence-electron chi connectivity index (χ1n) is 16.7. The van der Waals surface area contributed by atoms with E-state index in [0.29, 0.717) is 72.6 Å². The number of likely N-dealkylation sites (tertiary alicyclic amines) is 1. The number of hydrogen-bond donors (Lipinski definition) is 0. The molecule has 258 valence electrons. The molecule has 2 aromatic carbocycles. The van der Waals surface area contributed by atoms with Gasteiger partial charge in [0.1, 0.15) is 11.4 Å². The van der Waals surface area contributed by atoms with Gasteiger partial charge in [0.15, 0.2) is 5.75 Å². The molecular formula is C36H45Cl2N5O5. The number of halogens is 2. The molecule has 0 atom stereocenters. The molecule has 2 aliphatic rings. The Hall–Kier alpha value is -3.60. The lowest BCUT2D eigenvalue weighted by Crippen LogP contribution is -2.50. The molecule has 1 aromatic heterocycles. The van der Waals surface area contributed by atoms with E-state index >= 15 is 0 Å². The molecule has 2 saturated heterocycles. The zero-order valence-corrected chi connectivity index (χ0v) is 29.7. The number of hydrogen-bond acceptors (Lipinski definition) is 9. The molecule has 2 fully saturated rings. The molecule has 3 heterocycles. The second kappa shape index (κ2) is 16.2. The fraction of sp³-hybridized carbons (Fsp3) is 0.500. The molecule has 3 aromatic rings. The van der Waals surface area contributed by atoms with Crippen molar-refractivity contribution in [2.24, 2.45) is 5.92 Å². The maximum atomic E-state index is 12.4. The molecule has 0 aliphatic carbocycles. The van der Waals surface area contributed by atoms with Crippen LogP contribution in [0.25, 0.3) is 11.1 Å². The van der Waals surface area contributed by atoms with Crippen molar-refractivity contribution in [2.75, 3.05) is 50.8 Å². The molecule has 0 spiro atoms. The van der Waals surface area contributed by atoms with Crippen LogP contribution in [0.15, 0.2) is 48.8 Å². The zero-order valence-electron chi connectivity index (χ0n) is 28.2. The summed E-state index contributed by atoms with van der Waals surface area (Å²) >= 11 is 12.7. The van der Waals surface area contributed by atoms with Gasteiger partial charge in [-0.2, -0.15) is 0 Å². The third kappa shape index (κ3) is 10.4. The lowest BCUT2D eigenvalue weighted by Gasteiger charge is -2.35. The van der Waals surface area contributed by atoms with E-state index < -0.39 is 5.60 Å². The molecule has 0 saturated carbocycles. The van der Waals surface area contributed by atoms with E-state index in [-0.39, 0.29) is 12.1 Å². The van der Waals surface area contributed by atoms with Gasteiger partial charge in [0.25, 0.3) is 0 Å². The second-order valence-electron chi connectivity index (χ2n) is 13.4. The highest BCUT2D eigenvalue weighted by atomic mass is 35.5. The number of piperidine rings is 1. The van der Waals surface area contributed by atoms with E-state index in [1.807, 2.05) is 56.9 Å². The summed E-state index contributed by atoms with van der Waals surface area (Å²) in [6, 6.07) is 11.7. The van der Waals surface area contributed by atoms with E-state index in [0.717, 1.165) is 55.6 Å². The minimum absolute atomic E-state index is 0.108. The van der Waals surface area contributed by atoms with E-state index in [1.54, 1.807) is 23.4 Å². The number of carbonyl (C=O) groups excluding carboxylic acids is 2. The number of nitrogens with zero attached hydrogens (tertiary/aromatic N) is 5. The van der Waals surface area contributed by atoms with Crippen molar-refractivity contribution >= 4 is 41.2 Å². The predicted molar refractivity (Wildman–Crippen MR) is 188 cm³/mol. The van der Waals surface area contributed by atoms with Crippen LogP contribution in [0.1, 0.15) is 58.9 Å². The number of aromatic nitrogens is 2. The lowest BCUT2D eigenvalue weighted by molar-refractivity contribution is -0.143. The summed E-state index contributed by atoms with van der Waals surface area (Å²) in [6.07, 6.45) is 6.50. The van der Waals surface area contributed by atoms with Gasteiger partial charge in [0, 0.05) is 49.2 Å². The fourth-order valence-corrected chi connectivity index (χ4v) is 6.55. The summed E-state index contributed by atoms with van der Waals surface area (Å²) in [6.45, 7) is 12.8. The van der Waals surface area contributed by atoms with Crippen molar-refractivity contribution in [2.45, 2.75) is 65.5 Å². The first-order chi connectivity index (χ1) is 22.9. The maximum Gasteiger partial charge on any atom is 0.410 e. The Morgan fingerprint density at radius 2 is 1.50 bits per heavy atom. The highest BCUT2D eigenvalue weighted by Crippen LogP contribution is 2.33. The monoisotopic (exact) mass is 697 g/mol. The van der Waals surface area contributed by atoms with E-state index in [2.05, 4.69) is 20.9 Å². The van der Waals surface area contributed by atoms with Crippen LogP contribution >= 0.6 is 23.2 Å². The standard InChI is InChI=1S/C36H45Cl2N5O5/c1-5-46-33(44)7-6-25-8-10-41(11-9-25)24-26-16-27(28-18-29(37)21-30(38)19-28)20-31(17-26)47-32-22-39-34(40-23-32)42-12-14-43(15-13-42)35(45)48-36(2,3)4/h16-23,25H,5-15,24H2,1-4H3. The number of amides is 1. The van der Waals surface area contributed by atoms with Gasteiger partial charge in [-0.3, -0.25) is 9.69 Å². The number of anilines is 1. The largest absolute Gasteiger partial charge is 0.466 e. The minimum Gasteiger partial charge on any atom is -0.466 e. The predicted octanol–water partition coefficient (Wildman–Crippen LogP) is 7.86. The molecule has 48 heavy (non-hydrogen) atoms. The topological polar surface area (TPSA) is 97.3 Å². The van der Waals surface area contributed by atoms with Gasteiger partial charge in [-0.05, 0) is 119 Å². The lowest BCUT2D eigenvalue weighted by atomic mass is 9.92. The SMILES string of the molecule is CCOC(=O)CCC1CCN(Cc2cc(Oc3cnc(N4CCN(C(=O)OC(C)(C)C)CC4)nc3)cc(-c3cc(Cl)cc(Cl)c3)c2)CC1. The summed E-state index contributed by atoms with van der Waals surface area (Å²) in [4.78, 5) is 39.6. The Bertz CT molecular complexity index is 1530. The van der Waals surface area contributed by atoms with E-state index in [1.165, 1.54) is 0 Å². The van der Waals surface area contributed by atoms with Gasteiger partial charge < -0.3 is 24.0 Å². The second-order valence-corrected chi connectivity index (χ2v) is 14.2. The summed E-state index contributed by atoms with van der Waals surface area (Å²) in [5.41, 5.74) is 2.41. The third-order valence-corrected chi connectivity index (χ3v) is 8.84. The molecule has 10 nitrogen and oxygen atoms in total. The summed E-state index contributed by atoms with van der Waals surface area (Å²) in [5.74, 6) is 2.18. The molecular weight excluding hydrogens is 653 g/mol. The van der Waals surface area contributed by atoms with Crippen molar-refractivity contribution in [1.29, 1.82) is 0 Å². The van der Waals surface area contributed by atoms with Crippen LogP contribution in [0, 0.1) is 5.92 Å². The van der Waals surface area contributed by atoms with Gasteiger partial charge in [0.05, 0.1) is 19.0 Å². The van der Waals surface area contributed by atoms with Crippen LogP contribution in [0.2, 0.25) is 10.0 Å². The van der Waals surface area contributed by atoms with Crippen molar-refractivity contribution < 1.29 is 23.8 Å². The molecule has 5 rings (SSSR count). The van der Waals surface area contributed by atoms with Crippen LogP contribution in [-0.4, -0.2) is 83.3 Å². The molecule has 0 N–H and O–H groups in total. The van der Waals surface area contributed by atoms with Gasteiger partial charge in [0.2, 0.25) is 5.95 Å². The Labute approximate surface area is 293 Å². The molecule has 0 bridgehead atoms. The number of piperazine rings is 1. The Balaban J connectivity index is 1.24. The minimum atomic E-state index is -0.529. The van der Waals surface area contributed by atoms with E-state index in [4.69, 9.17) is 37.4 Å². The van der Waals surface area contributed by atoms with E-state index in [9.17, 15) is 9.59 Å². The zero-order chi connectivity index (χ0) is 34.3. The Morgan fingerprint density at radius 3 is 2.12 bits per heavy atom. The highest BCUT2D eigenvalue weighted by Gasteiger charge is 2.27. The average molecular weight is 699 g/mol. The van der Waals surface area contributed by atoms with Crippen LogP contribution in [-0.2, 0) is 20.8 Å². The average Bonchev–Trinajstić information content (AvgIpc) is 3.04.